The molecule has 0 aromatic heterocycles. The van der Waals surface area contributed by atoms with E-state index in [1.165, 1.54) is 0 Å². The van der Waals surface area contributed by atoms with Gasteiger partial charge in [0.1, 0.15) is 24.4 Å². The minimum atomic E-state index is -1.15. The number of aliphatic hydroxyl groups is 2. The Morgan fingerprint density at radius 2 is 1.64 bits per heavy atom. The average Bonchev–Trinajstić information content (AvgIpc) is 2.91. The second-order valence-electron chi connectivity index (χ2n) is 10.4. The van der Waals surface area contributed by atoms with Gasteiger partial charge in [-0.05, 0) is 82.8 Å². The third-order valence-corrected chi connectivity index (χ3v) is 8.10. The Labute approximate surface area is 215 Å². The van der Waals surface area contributed by atoms with Gasteiger partial charge < -0.3 is 30.5 Å². The third-order valence-electron chi connectivity index (χ3n) is 8.10. The van der Waals surface area contributed by atoms with Crippen LogP contribution in [0.1, 0.15) is 58.3 Å². The number of methoxy groups -OCH3 is 1. The standard InChI is InChI=1S/C28H45FN4O3/c1-3-26(34)33(22-13-17-31-18-14-22)25-10-6-7-20(28(25)36-2)19-27(35)32(21-11-15-30-16-12-21)24-9-5-4-8-23(24)29/h4-5,8-10,21-24,26-27,30-31,34-35H,3,6-7,11-19H2,1-2H3. The smallest absolute Gasteiger partial charge is 0.141 e. The molecule has 2 aliphatic carbocycles. The zero-order valence-electron chi connectivity index (χ0n) is 21.9. The van der Waals surface area contributed by atoms with Gasteiger partial charge in [-0.1, -0.05) is 31.2 Å². The lowest BCUT2D eigenvalue weighted by Crippen LogP contribution is -2.55. The van der Waals surface area contributed by atoms with Crippen molar-refractivity contribution >= 4 is 0 Å². The number of hydrogen-bond acceptors (Lipinski definition) is 7. The van der Waals surface area contributed by atoms with Crippen LogP contribution >= 0.6 is 0 Å². The second-order valence-corrected chi connectivity index (χ2v) is 10.4. The summed E-state index contributed by atoms with van der Waals surface area (Å²) in [4.78, 5) is 4.14. The van der Waals surface area contributed by atoms with E-state index < -0.39 is 24.7 Å². The Morgan fingerprint density at radius 1 is 1.00 bits per heavy atom. The van der Waals surface area contributed by atoms with Gasteiger partial charge in [-0.25, -0.2) is 4.39 Å². The van der Waals surface area contributed by atoms with Crippen molar-refractivity contribution < 1.29 is 19.3 Å². The summed E-state index contributed by atoms with van der Waals surface area (Å²) < 4.78 is 21.0. The molecule has 2 heterocycles. The first kappa shape index (κ1) is 27.3. The molecule has 4 atom stereocenters. The highest BCUT2D eigenvalue weighted by Gasteiger charge is 2.37. The van der Waals surface area contributed by atoms with Gasteiger partial charge in [-0.15, -0.1) is 0 Å². The predicted octanol–water partition coefficient (Wildman–Crippen LogP) is 2.94. The minimum Gasteiger partial charge on any atom is -0.495 e. The van der Waals surface area contributed by atoms with E-state index in [2.05, 4.69) is 21.6 Å². The van der Waals surface area contributed by atoms with Gasteiger partial charge in [0, 0.05) is 18.5 Å². The van der Waals surface area contributed by atoms with E-state index in [1.807, 2.05) is 24.0 Å². The van der Waals surface area contributed by atoms with Gasteiger partial charge in [0.2, 0.25) is 0 Å². The fourth-order valence-electron chi connectivity index (χ4n) is 6.27. The van der Waals surface area contributed by atoms with Crippen molar-refractivity contribution in [1.82, 2.24) is 20.4 Å². The molecule has 8 heteroatoms. The molecule has 0 saturated carbocycles. The second kappa shape index (κ2) is 13.2. The summed E-state index contributed by atoms with van der Waals surface area (Å²) in [5, 5.41) is 29.4. The zero-order valence-corrected chi connectivity index (χ0v) is 21.9. The molecule has 4 rings (SSSR count). The number of nitrogens with zero attached hydrogens (tertiary/aromatic N) is 2. The number of ether oxygens (including phenoxy) is 1. The van der Waals surface area contributed by atoms with Gasteiger partial charge in [0.15, 0.2) is 0 Å². The molecule has 7 nitrogen and oxygen atoms in total. The Hall–Kier alpha value is -1.71. The summed E-state index contributed by atoms with van der Waals surface area (Å²) in [7, 11) is 1.68. The van der Waals surface area contributed by atoms with Gasteiger partial charge in [-0.2, -0.15) is 0 Å². The molecule has 0 aromatic carbocycles. The molecular weight excluding hydrogens is 459 g/mol. The summed E-state index contributed by atoms with van der Waals surface area (Å²) in [6.07, 6.45) is 13.0. The predicted molar refractivity (Wildman–Crippen MR) is 141 cm³/mol. The normalized spacial score (nSPS) is 27.8. The number of alkyl halides is 1. The topological polar surface area (TPSA) is 80.2 Å². The van der Waals surface area contributed by atoms with E-state index >= 15 is 4.39 Å². The number of piperidine rings is 2. The van der Waals surface area contributed by atoms with Crippen molar-refractivity contribution in [2.24, 2.45) is 0 Å². The van der Waals surface area contributed by atoms with Gasteiger partial charge >= 0.3 is 0 Å². The minimum absolute atomic E-state index is 0.110. The van der Waals surface area contributed by atoms with E-state index in [0.29, 0.717) is 12.8 Å². The summed E-state index contributed by atoms with van der Waals surface area (Å²) in [5.74, 6) is 0.757. The molecule has 2 fully saturated rings. The molecule has 0 amide bonds. The van der Waals surface area contributed by atoms with Crippen LogP contribution < -0.4 is 10.6 Å². The van der Waals surface area contributed by atoms with E-state index in [4.69, 9.17) is 4.74 Å². The number of hydrogen-bond donors (Lipinski definition) is 4. The third kappa shape index (κ3) is 6.22. The van der Waals surface area contributed by atoms with Crippen LogP contribution in [-0.4, -0.2) is 90.1 Å². The maximum atomic E-state index is 15.0. The van der Waals surface area contributed by atoms with E-state index in [1.54, 1.807) is 19.3 Å². The molecule has 4 aliphatic rings. The van der Waals surface area contributed by atoms with Gasteiger partial charge in [0.25, 0.3) is 0 Å². The van der Waals surface area contributed by atoms with Gasteiger partial charge in [-0.3, -0.25) is 4.90 Å². The molecule has 0 aromatic rings. The maximum absolute atomic E-state index is 15.0. The summed E-state index contributed by atoms with van der Waals surface area (Å²) in [6.45, 7) is 5.61. The molecule has 4 N–H and O–H groups in total. The van der Waals surface area contributed by atoms with Crippen LogP contribution in [0.15, 0.2) is 47.4 Å². The monoisotopic (exact) mass is 504 g/mol. The molecule has 0 radical (unpaired) electrons. The van der Waals surface area contributed by atoms with E-state index in [9.17, 15) is 10.2 Å². The molecule has 36 heavy (non-hydrogen) atoms. The van der Waals surface area contributed by atoms with Crippen molar-refractivity contribution in [3.8, 4) is 0 Å². The molecule has 0 spiro atoms. The van der Waals surface area contributed by atoms with Crippen LogP contribution in [0, 0.1) is 0 Å². The highest BCUT2D eigenvalue weighted by Crippen LogP contribution is 2.36. The van der Waals surface area contributed by atoms with Crippen LogP contribution in [0.3, 0.4) is 0 Å². The van der Waals surface area contributed by atoms with Crippen molar-refractivity contribution in [2.45, 2.75) is 95.0 Å². The average molecular weight is 505 g/mol. The fourth-order valence-corrected chi connectivity index (χ4v) is 6.27. The largest absolute Gasteiger partial charge is 0.495 e. The lowest BCUT2D eigenvalue weighted by molar-refractivity contribution is -0.0622. The van der Waals surface area contributed by atoms with Crippen molar-refractivity contribution in [1.29, 1.82) is 0 Å². The summed E-state index contributed by atoms with van der Waals surface area (Å²) >= 11 is 0. The molecule has 2 saturated heterocycles. The molecule has 4 unspecified atom stereocenters. The van der Waals surface area contributed by atoms with Crippen molar-refractivity contribution in [2.75, 3.05) is 33.3 Å². The Kier molecular flexibility index (Phi) is 10.0. The Bertz CT molecular complexity index is 833. The maximum Gasteiger partial charge on any atom is 0.141 e. The first-order chi connectivity index (χ1) is 17.5. The Morgan fingerprint density at radius 3 is 2.25 bits per heavy atom. The van der Waals surface area contributed by atoms with Crippen LogP contribution in [0.2, 0.25) is 0 Å². The molecule has 2 aliphatic heterocycles. The van der Waals surface area contributed by atoms with Crippen molar-refractivity contribution in [3.63, 3.8) is 0 Å². The van der Waals surface area contributed by atoms with E-state index in [0.717, 1.165) is 81.7 Å². The highest BCUT2D eigenvalue weighted by molar-refractivity contribution is 5.35. The van der Waals surface area contributed by atoms with Crippen LogP contribution in [-0.2, 0) is 4.74 Å². The molecule has 202 valence electrons. The first-order valence-corrected chi connectivity index (χ1v) is 13.8. The first-order valence-electron chi connectivity index (χ1n) is 13.8. The lowest BCUT2D eigenvalue weighted by Gasteiger charge is -2.44. The number of rotatable bonds is 10. The summed E-state index contributed by atoms with van der Waals surface area (Å²) in [5.41, 5.74) is 1.97. The number of allylic oxidation sites excluding steroid dienone is 3. The zero-order chi connectivity index (χ0) is 25.5. The van der Waals surface area contributed by atoms with Crippen LogP contribution in [0.4, 0.5) is 4.39 Å². The van der Waals surface area contributed by atoms with E-state index in [-0.39, 0.29) is 12.1 Å². The molecular formula is C28H45FN4O3. The number of aliphatic hydroxyl groups excluding tert-OH is 2. The van der Waals surface area contributed by atoms with Crippen LogP contribution in [0.5, 0.6) is 0 Å². The number of halogens is 1. The Balaban J connectivity index is 1.60. The summed E-state index contributed by atoms with van der Waals surface area (Å²) in [6, 6.07) is -0.134. The quantitative estimate of drug-likeness (QED) is 0.341. The SMILES string of the molecule is CCC(O)N(C1=CCCC(CC(O)N(C2CCNCC2)C2C=CC=CC2F)=C1OC)C1CCNCC1. The highest BCUT2D eigenvalue weighted by atomic mass is 19.1. The van der Waals surface area contributed by atoms with Crippen LogP contribution in [0.25, 0.3) is 0 Å². The molecule has 0 bridgehead atoms. The number of nitrogens with one attached hydrogen (secondary N) is 2. The lowest BCUT2D eigenvalue weighted by atomic mass is 9.92. The van der Waals surface area contributed by atoms with Gasteiger partial charge in [0.05, 0.1) is 18.8 Å². The van der Waals surface area contributed by atoms with Crippen molar-refractivity contribution in [3.05, 3.63) is 47.4 Å². The fraction of sp³-hybridized carbons (Fsp3) is 0.714.